The Labute approximate surface area is 185 Å². The molecule has 3 aromatic rings. The Kier molecular flexibility index (Phi) is 5.63. The minimum absolute atomic E-state index is 0.0788. The molecule has 0 amide bonds. The predicted molar refractivity (Wildman–Crippen MR) is 125 cm³/mol. The lowest BCUT2D eigenvalue weighted by atomic mass is 9.89. The van der Waals surface area contributed by atoms with E-state index in [9.17, 15) is 8.42 Å². The third kappa shape index (κ3) is 4.04. The van der Waals surface area contributed by atoms with Crippen LogP contribution in [0, 0.1) is 6.92 Å². The van der Waals surface area contributed by atoms with Crippen LogP contribution in [-0.2, 0) is 10.0 Å². The number of piperidine rings is 1. The van der Waals surface area contributed by atoms with Crippen molar-refractivity contribution < 1.29 is 8.42 Å². The van der Waals surface area contributed by atoms with Crippen molar-refractivity contribution in [3.63, 3.8) is 0 Å². The molecule has 0 spiro atoms. The summed E-state index contributed by atoms with van der Waals surface area (Å²) in [5, 5.41) is 1.34. The van der Waals surface area contributed by atoms with Gasteiger partial charge in [0.1, 0.15) is 0 Å². The lowest BCUT2D eigenvalue weighted by molar-refractivity contribution is 0.178. The molecule has 0 saturated carbocycles. The summed E-state index contributed by atoms with van der Waals surface area (Å²) in [5.74, 6) is 0.572. The molecule has 6 heteroatoms. The molecule has 5 nitrogen and oxygen atoms in total. The summed E-state index contributed by atoms with van der Waals surface area (Å²) in [7, 11) is -3.43. The minimum Gasteiger partial charge on any atom is -0.361 e. The van der Waals surface area contributed by atoms with E-state index in [1.807, 2.05) is 19.1 Å². The molecule has 1 aromatic heterocycles. The summed E-state index contributed by atoms with van der Waals surface area (Å²) in [5.41, 5.74) is 3.62. The molecule has 0 radical (unpaired) electrons. The van der Waals surface area contributed by atoms with Crippen LogP contribution in [0.25, 0.3) is 10.9 Å². The number of hydrogen-bond acceptors (Lipinski definition) is 3. The molecule has 31 heavy (non-hydrogen) atoms. The highest BCUT2D eigenvalue weighted by Gasteiger charge is 2.36. The predicted octanol–water partition coefficient (Wildman–Crippen LogP) is 4.51. The van der Waals surface area contributed by atoms with Crippen LogP contribution in [0.4, 0.5) is 0 Å². The average molecular weight is 438 g/mol. The van der Waals surface area contributed by atoms with Gasteiger partial charge in [-0.25, -0.2) is 8.42 Å². The first kappa shape index (κ1) is 20.7. The fourth-order valence-electron chi connectivity index (χ4n) is 5.38. The van der Waals surface area contributed by atoms with E-state index < -0.39 is 10.0 Å². The maximum atomic E-state index is 13.3. The van der Waals surface area contributed by atoms with Gasteiger partial charge in [-0.2, -0.15) is 4.31 Å². The summed E-state index contributed by atoms with van der Waals surface area (Å²) >= 11 is 0. The number of sulfonamides is 1. The van der Waals surface area contributed by atoms with Crippen molar-refractivity contribution in [3.8, 4) is 0 Å². The quantitative estimate of drug-likeness (QED) is 0.639. The molecule has 2 aromatic carbocycles. The number of nitrogens with zero attached hydrogens (tertiary/aromatic N) is 2. The van der Waals surface area contributed by atoms with Gasteiger partial charge in [0.2, 0.25) is 10.0 Å². The van der Waals surface area contributed by atoms with Gasteiger partial charge in [0.05, 0.1) is 4.90 Å². The molecule has 0 unspecified atom stereocenters. The maximum absolute atomic E-state index is 13.3. The second-order valence-electron chi connectivity index (χ2n) is 9.09. The first-order chi connectivity index (χ1) is 15.0. The van der Waals surface area contributed by atoms with E-state index in [0.717, 1.165) is 50.9 Å². The molecule has 1 atom stereocenters. The van der Waals surface area contributed by atoms with Crippen LogP contribution in [0.15, 0.2) is 59.6 Å². The molecule has 0 aliphatic carbocycles. The van der Waals surface area contributed by atoms with E-state index in [1.54, 1.807) is 16.4 Å². The van der Waals surface area contributed by atoms with E-state index in [1.165, 1.54) is 16.5 Å². The topological polar surface area (TPSA) is 56.4 Å². The standard InChI is InChI=1S/C25H31N3O2S/c1-19-6-4-8-22(16-19)31(29,30)28-13-5-7-21(28)18-27-14-11-20(12-15-27)24-17-26-25-10-3-2-9-23(24)25/h2-4,6,8-10,16-17,20-21,26H,5,7,11-15,18H2,1H3/t21-/m0/s1. The number of benzene rings is 2. The highest BCUT2D eigenvalue weighted by Crippen LogP contribution is 2.34. The SMILES string of the molecule is Cc1cccc(S(=O)(=O)N2CCC[C@H]2CN2CCC(c3c[nH]c4ccccc34)CC2)c1. The molecular weight excluding hydrogens is 406 g/mol. The van der Waals surface area contributed by atoms with E-state index in [0.29, 0.717) is 17.4 Å². The van der Waals surface area contributed by atoms with Gasteiger partial charge >= 0.3 is 0 Å². The molecule has 1 N–H and O–H groups in total. The first-order valence-corrected chi connectivity index (χ1v) is 12.8. The lowest BCUT2D eigenvalue weighted by Crippen LogP contribution is -2.45. The lowest BCUT2D eigenvalue weighted by Gasteiger charge is -2.35. The molecule has 2 saturated heterocycles. The molecule has 2 fully saturated rings. The monoisotopic (exact) mass is 437 g/mol. The smallest absolute Gasteiger partial charge is 0.243 e. The van der Waals surface area contributed by atoms with Crippen molar-refractivity contribution in [3.05, 3.63) is 65.9 Å². The number of aromatic nitrogens is 1. The summed E-state index contributed by atoms with van der Waals surface area (Å²) in [6.07, 6.45) is 6.32. The van der Waals surface area contributed by atoms with E-state index in [2.05, 4.69) is 40.3 Å². The summed E-state index contributed by atoms with van der Waals surface area (Å²) in [4.78, 5) is 6.31. The minimum atomic E-state index is -3.43. The van der Waals surface area contributed by atoms with Gasteiger partial charge < -0.3 is 9.88 Å². The van der Waals surface area contributed by atoms with Crippen molar-refractivity contribution in [1.82, 2.24) is 14.2 Å². The summed E-state index contributed by atoms with van der Waals surface area (Å²) in [6, 6.07) is 15.9. The van der Waals surface area contributed by atoms with E-state index in [4.69, 9.17) is 0 Å². The second kappa shape index (κ2) is 8.41. The van der Waals surface area contributed by atoms with Gasteiger partial charge in [0.25, 0.3) is 0 Å². The number of nitrogens with one attached hydrogen (secondary N) is 1. The Hall–Kier alpha value is -2.15. The number of fused-ring (bicyclic) bond motifs is 1. The van der Waals surface area contributed by atoms with Crippen molar-refractivity contribution in [2.24, 2.45) is 0 Å². The number of hydrogen-bond donors (Lipinski definition) is 1. The van der Waals surface area contributed by atoms with Crippen LogP contribution in [0.2, 0.25) is 0 Å². The third-order valence-electron chi connectivity index (χ3n) is 7.04. The van der Waals surface area contributed by atoms with Crippen LogP contribution in [0.1, 0.15) is 42.7 Å². The number of aromatic amines is 1. The highest BCUT2D eigenvalue weighted by molar-refractivity contribution is 7.89. The number of rotatable bonds is 5. The first-order valence-electron chi connectivity index (χ1n) is 11.4. The third-order valence-corrected chi connectivity index (χ3v) is 8.98. The van der Waals surface area contributed by atoms with Crippen molar-refractivity contribution in [2.45, 2.75) is 49.5 Å². The molecular formula is C25H31N3O2S. The van der Waals surface area contributed by atoms with Gasteiger partial charge in [-0.3, -0.25) is 0 Å². The van der Waals surface area contributed by atoms with Crippen LogP contribution < -0.4 is 0 Å². The Morgan fingerprint density at radius 1 is 1.00 bits per heavy atom. The molecule has 3 heterocycles. The van der Waals surface area contributed by atoms with Crippen LogP contribution in [0.3, 0.4) is 0 Å². The van der Waals surface area contributed by atoms with Gasteiger partial charge in [0.15, 0.2) is 0 Å². The molecule has 0 bridgehead atoms. The van der Waals surface area contributed by atoms with Crippen molar-refractivity contribution in [1.29, 1.82) is 0 Å². The molecule has 2 aliphatic rings. The van der Waals surface area contributed by atoms with Gasteiger partial charge in [-0.05, 0) is 80.9 Å². The van der Waals surface area contributed by atoms with Gasteiger partial charge in [-0.15, -0.1) is 0 Å². The normalized spacial score (nSPS) is 21.8. The Balaban J connectivity index is 1.24. The number of aryl methyl sites for hydroxylation is 1. The van der Waals surface area contributed by atoms with Gasteiger partial charge in [0, 0.05) is 36.2 Å². The van der Waals surface area contributed by atoms with Crippen LogP contribution in [0.5, 0.6) is 0 Å². The summed E-state index contributed by atoms with van der Waals surface area (Å²) < 4.78 is 28.3. The van der Waals surface area contributed by atoms with E-state index in [-0.39, 0.29) is 6.04 Å². The summed E-state index contributed by atoms with van der Waals surface area (Å²) in [6.45, 7) is 5.47. The second-order valence-corrected chi connectivity index (χ2v) is 11.0. The highest BCUT2D eigenvalue weighted by atomic mass is 32.2. The molecule has 5 rings (SSSR count). The zero-order valence-electron chi connectivity index (χ0n) is 18.1. The van der Waals surface area contributed by atoms with Crippen molar-refractivity contribution in [2.75, 3.05) is 26.2 Å². The number of H-pyrrole nitrogens is 1. The fraction of sp³-hybridized carbons (Fsp3) is 0.440. The zero-order chi connectivity index (χ0) is 21.4. The largest absolute Gasteiger partial charge is 0.361 e. The number of likely N-dealkylation sites (tertiary alicyclic amines) is 1. The van der Waals surface area contributed by atoms with E-state index >= 15 is 0 Å². The molecule has 2 aliphatic heterocycles. The average Bonchev–Trinajstić information content (AvgIpc) is 3.42. The number of para-hydroxylation sites is 1. The Bertz CT molecular complexity index is 1160. The molecule has 164 valence electrons. The fourth-order valence-corrected chi connectivity index (χ4v) is 7.17. The zero-order valence-corrected chi connectivity index (χ0v) is 18.9. The Morgan fingerprint density at radius 3 is 2.61 bits per heavy atom. The maximum Gasteiger partial charge on any atom is 0.243 e. The van der Waals surface area contributed by atoms with Gasteiger partial charge in [-0.1, -0.05) is 30.3 Å². The van der Waals surface area contributed by atoms with Crippen molar-refractivity contribution >= 4 is 20.9 Å². The Morgan fingerprint density at radius 2 is 1.81 bits per heavy atom. The van der Waals surface area contributed by atoms with Crippen LogP contribution in [-0.4, -0.2) is 54.8 Å². The van der Waals surface area contributed by atoms with Crippen LogP contribution >= 0.6 is 0 Å².